The Morgan fingerprint density at radius 2 is 1.69 bits per heavy atom. The lowest BCUT2D eigenvalue weighted by Crippen LogP contribution is -2.22. The number of benzene rings is 3. The van der Waals surface area contributed by atoms with Crippen LogP contribution in [0.25, 0.3) is 27.6 Å². The number of hydrogen-bond donors (Lipinski definition) is 1. The lowest BCUT2D eigenvalue weighted by Gasteiger charge is -2.16. The Kier molecular flexibility index (Phi) is 5.50. The van der Waals surface area contributed by atoms with Crippen LogP contribution in [-0.2, 0) is 6.54 Å². The van der Waals surface area contributed by atoms with Crippen molar-refractivity contribution in [1.82, 2.24) is 24.1 Å². The van der Waals surface area contributed by atoms with Crippen molar-refractivity contribution < 1.29 is 4.79 Å². The fourth-order valence-electron chi connectivity index (χ4n) is 4.53. The van der Waals surface area contributed by atoms with Crippen LogP contribution >= 0.6 is 11.8 Å². The average Bonchev–Trinajstić information content (AvgIpc) is 3.54. The summed E-state index contributed by atoms with van der Waals surface area (Å²) < 4.78 is 3.40. The van der Waals surface area contributed by atoms with E-state index in [0.29, 0.717) is 33.9 Å². The van der Waals surface area contributed by atoms with Crippen LogP contribution in [0.15, 0.2) is 108 Å². The lowest BCUT2D eigenvalue weighted by molar-refractivity contribution is 0.0991. The van der Waals surface area contributed by atoms with Gasteiger partial charge in [-0.15, -0.1) is 16.8 Å². The summed E-state index contributed by atoms with van der Waals surface area (Å²) in [7, 11) is 0. The van der Waals surface area contributed by atoms with Crippen molar-refractivity contribution in [3.8, 4) is 0 Å². The number of H-pyrrole nitrogens is 1. The van der Waals surface area contributed by atoms with Gasteiger partial charge in [0.2, 0.25) is 5.78 Å². The summed E-state index contributed by atoms with van der Waals surface area (Å²) >= 11 is 1.33. The molecule has 0 aliphatic carbocycles. The number of hydrogen-bond acceptors (Lipinski definition) is 5. The number of allylic oxidation sites excluding steroid dienone is 1. The molecule has 6 aromatic rings. The highest BCUT2D eigenvalue weighted by atomic mass is 32.2. The minimum absolute atomic E-state index is 0.0379. The normalized spacial score (nSPS) is 12.3. The fraction of sp³-hybridized carbons (Fsp3) is 0.0714. The van der Waals surface area contributed by atoms with Crippen LogP contribution in [0.1, 0.15) is 21.2 Å². The second-order valence-corrected chi connectivity index (χ2v) is 9.43. The Morgan fingerprint density at radius 1 is 0.972 bits per heavy atom. The van der Waals surface area contributed by atoms with Crippen LogP contribution < -0.4 is 5.56 Å². The van der Waals surface area contributed by atoms with Gasteiger partial charge in [0.1, 0.15) is 5.25 Å². The smallest absolute Gasteiger partial charge is 0.263 e. The molecule has 0 saturated carbocycles. The highest BCUT2D eigenvalue weighted by molar-refractivity contribution is 8.00. The first-order valence-electron chi connectivity index (χ1n) is 11.5. The number of thioether (sulfide) groups is 1. The molecule has 0 radical (unpaired) electrons. The summed E-state index contributed by atoms with van der Waals surface area (Å²) in [4.78, 5) is 30.4. The fourth-order valence-corrected chi connectivity index (χ4v) is 5.64. The molecule has 1 atom stereocenters. The number of aromatic nitrogens is 5. The van der Waals surface area contributed by atoms with Crippen LogP contribution in [0.5, 0.6) is 0 Å². The molecular weight excluding hydrogens is 470 g/mol. The van der Waals surface area contributed by atoms with E-state index in [1.165, 1.54) is 11.8 Å². The average molecular weight is 492 g/mol. The molecule has 8 heteroatoms. The number of nitrogens with zero attached hydrogens (tertiary/aromatic N) is 4. The van der Waals surface area contributed by atoms with E-state index in [-0.39, 0.29) is 11.3 Å². The summed E-state index contributed by atoms with van der Waals surface area (Å²) in [5.74, 6) is 0.372. The van der Waals surface area contributed by atoms with Gasteiger partial charge in [0.25, 0.3) is 5.56 Å². The van der Waals surface area contributed by atoms with Gasteiger partial charge >= 0.3 is 0 Å². The largest absolute Gasteiger partial charge is 0.360 e. The van der Waals surface area contributed by atoms with E-state index in [1.54, 1.807) is 22.9 Å². The van der Waals surface area contributed by atoms with Gasteiger partial charge < -0.3 is 4.98 Å². The number of fused-ring (bicyclic) bond motifs is 4. The topological polar surface area (TPSA) is 85.0 Å². The number of nitrogens with one attached hydrogen (secondary N) is 1. The molecule has 0 saturated heterocycles. The van der Waals surface area contributed by atoms with E-state index in [4.69, 9.17) is 0 Å². The van der Waals surface area contributed by atoms with Gasteiger partial charge in [-0.1, -0.05) is 78.5 Å². The molecule has 0 fully saturated rings. The zero-order chi connectivity index (χ0) is 24.6. The van der Waals surface area contributed by atoms with E-state index in [9.17, 15) is 9.59 Å². The summed E-state index contributed by atoms with van der Waals surface area (Å²) in [6.07, 6.45) is 3.42. The minimum atomic E-state index is -0.573. The maximum Gasteiger partial charge on any atom is 0.263 e. The van der Waals surface area contributed by atoms with Crippen LogP contribution in [0.4, 0.5) is 0 Å². The molecule has 3 heterocycles. The molecule has 6 rings (SSSR count). The molecule has 0 aliphatic heterocycles. The monoisotopic (exact) mass is 491 g/mol. The van der Waals surface area contributed by atoms with E-state index in [0.717, 1.165) is 16.5 Å². The van der Waals surface area contributed by atoms with Crippen LogP contribution in [0, 0.1) is 0 Å². The maximum absolute atomic E-state index is 14.0. The lowest BCUT2D eigenvalue weighted by atomic mass is 10.0. The van der Waals surface area contributed by atoms with Crippen LogP contribution in [0.2, 0.25) is 0 Å². The molecule has 36 heavy (non-hydrogen) atoms. The zero-order valence-electron chi connectivity index (χ0n) is 19.2. The SMILES string of the molecule is C=CCn1c(=O)c2ccccc2n2c(S[C@@H](C(=O)c3c[nH]c4ccccc34)c3ccccc3)nnc12. The van der Waals surface area contributed by atoms with Gasteiger partial charge in [-0.3, -0.25) is 18.6 Å². The minimum Gasteiger partial charge on any atom is -0.360 e. The maximum atomic E-state index is 14.0. The molecule has 0 spiro atoms. The van der Waals surface area contributed by atoms with Gasteiger partial charge in [0.15, 0.2) is 10.9 Å². The van der Waals surface area contributed by atoms with Crippen molar-refractivity contribution in [2.24, 2.45) is 0 Å². The zero-order valence-corrected chi connectivity index (χ0v) is 20.0. The van der Waals surface area contributed by atoms with Gasteiger partial charge in [-0.05, 0) is 23.8 Å². The molecule has 3 aromatic carbocycles. The summed E-state index contributed by atoms with van der Waals surface area (Å²) in [6, 6.07) is 24.8. The molecule has 7 nitrogen and oxygen atoms in total. The molecule has 0 unspecified atom stereocenters. The van der Waals surface area contributed by atoms with E-state index in [2.05, 4.69) is 21.8 Å². The number of para-hydroxylation sites is 2. The number of ketones is 1. The van der Waals surface area contributed by atoms with Crippen molar-refractivity contribution in [2.75, 3.05) is 0 Å². The Hall–Kier alpha value is -4.43. The number of carbonyl (C=O) groups is 1. The standard InChI is InChI=1S/C28H21N5O2S/c1-2-16-32-26(35)20-13-7-9-15-23(20)33-27(32)30-31-28(33)36-25(18-10-4-3-5-11-18)24(34)21-17-29-22-14-8-6-12-19(21)22/h2-15,17,25,29H,1,16H2/t25-/m1/s1. The first-order valence-corrected chi connectivity index (χ1v) is 12.3. The molecule has 0 amide bonds. The molecule has 1 N–H and O–H groups in total. The number of rotatable bonds is 7. The molecular formula is C28H21N5O2S. The molecule has 0 aliphatic rings. The third kappa shape index (κ3) is 3.54. The number of aromatic amines is 1. The summed E-state index contributed by atoms with van der Waals surface area (Å²) in [6.45, 7) is 4.08. The third-order valence-corrected chi connectivity index (χ3v) is 7.41. The van der Waals surface area contributed by atoms with Crippen LogP contribution in [-0.4, -0.2) is 29.9 Å². The van der Waals surface area contributed by atoms with Crippen LogP contribution in [0.3, 0.4) is 0 Å². The van der Waals surface area contributed by atoms with E-state index in [1.807, 2.05) is 77.2 Å². The Balaban J connectivity index is 1.54. The summed E-state index contributed by atoms with van der Waals surface area (Å²) in [5.41, 5.74) is 2.92. The molecule has 176 valence electrons. The van der Waals surface area contributed by atoms with Crippen molar-refractivity contribution in [1.29, 1.82) is 0 Å². The highest BCUT2D eigenvalue weighted by Crippen LogP contribution is 2.39. The van der Waals surface area contributed by atoms with Gasteiger partial charge in [-0.25, -0.2) is 0 Å². The second kappa shape index (κ2) is 8.98. The summed E-state index contributed by atoms with van der Waals surface area (Å²) in [5, 5.41) is 10.2. The van der Waals surface area contributed by atoms with Crippen molar-refractivity contribution in [3.63, 3.8) is 0 Å². The highest BCUT2D eigenvalue weighted by Gasteiger charge is 2.28. The Labute approximate surface area is 210 Å². The van der Waals surface area contributed by atoms with Gasteiger partial charge in [0, 0.05) is 29.2 Å². The predicted octanol–water partition coefficient (Wildman–Crippen LogP) is 5.43. The number of Topliss-reactive ketones (excluding diaryl/α,β-unsaturated/α-hetero) is 1. The number of carbonyl (C=O) groups excluding carboxylic acids is 1. The molecule has 0 bridgehead atoms. The third-order valence-electron chi connectivity index (χ3n) is 6.21. The second-order valence-electron chi connectivity index (χ2n) is 8.36. The van der Waals surface area contributed by atoms with Crippen molar-refractivity contribution in [3.05, 3.63) is 119 Å². The molecule has 3 aromatic heterocycles. The van der Waals surface area contributed by atoms with Crippen molar-refractivity contribution >= 4 is 45.1 Å². The Bertz CT molecular complexity index is 1820. The van der Waals surface area contributed by atoms with Crippen molar-refractivity contribution in [2.45, 2.75) is 17.0 Å². The Morgan fingerprint density at radius 3 is 2.50 bits per heavy atom. The quantitative estimate of drug-likeness (QED) is 0.183. The van der Waals surface area contributed by atoms with Gasteiger partial charge in [0.05, 0.1) is 10.9 Å². The first-order chi connectivity index (χ1) is 17.7. The first kappa shape index (κ1) is 22.1. The van der Waals surface area contributed by atoms with E-state index >= 15 is 0 Å². The van der Waals surface area contributed by atoms with E-state index < -0.39 is 5.25 Å². The van der Waals surface area contributed by atoms with Gasteiger partial charge in [-0.2, -0.15) is 0 Å². The predicted molar refractivity (Wildman–Crippen MR) is 143 cm³/mol.